The summed E-state index contributed by atoms with van der Waals surface area (Å²) in [5, 5.41) is 9.62. The van der Waals surface area contributed by atoms with Gasteiger partial charge in [0, 0.05) is 18.8 Å². The maximum Gasteiger partial charge on any atom is 0.416 e. The summed E-state index contributed by atoms with van der Waals surface area (Å²) >= 11 is 0. The molecule has 0 bridgehead atoms. The molecule has 4 rings (SSSR count). The standard InChI is InChI=1S/C32H35N3O6/c1-22(2)18-29(35(20-30(36)37)32(38)41-28-16-14-26(39-4)15-17-28)23-10-12-27(13-11-23)40-21-25-19-34(3)31(33-25)24-8-6-5-7-9-24/h5-17,19,22,29H,18,20-21H2,1-4H3,(H,36,37). The highest BCUT2D eigenvalue weighted by Crippen LogP contribution is 2.31. The number of carboxylic acids is 1. The molecule has 0 saturated heterocycles. The van der Waals surface area contributed by atoms with Crippen LogP contribution in [0.4, 0.5) is 4.79 Å². The molecule has 214 valence electrons. The fourth-order valence-corrected chi connectivity index (χ4v) is 4.54. The third-order valence-corrected chi connectivity index (χ3v) is 6.49. The van der Waals surface area contributed by atoms with Crippen LogP contribution in [-0.4, -0.2) is 45.3 Å². The number of aliphatic carboxylic acids is 1. The van der Waals surface area contributed by atoms with Gasteiger partial charge < -0.3 is 23.9 Å². The predicted octanol–water partition coefficient (Wildman–Crippen LogP) is 6.35. The van der Waals surface area contributed by atoms with Crippen molar-refractivity contribution in [2.24, 2.45) is 13.0 Å². The molecule has 4 aromatic rings. The van der Waals surface area contributed by atoms with Crippen LogP contribution in [0.25, 0.3) is 11.4 Å². The zero-order valence-electron chi connectivity index (χ0n) is 23.7. The molecule has 0 spiro atoms. The minimum Gasteiger partial charge on any atom is -0.497 e. The first-order chi connectivity index (χ1) is 19.7. The quantitative estimate of drug-likeness (QED) is 0.217. The van der Waals surface area contributed by atoms with E-state index in [1.807, 2.05) is 86.3 Å². The summed E-state index contributed by atoms with van der Waals surface area (Å²) in [7, 11) is 3.49. The Morgan fingerprint density at radius 2 is 1.56 bits per heavy atom. The van der Waals surface area contributed by atoms with E-state index < -0.39 is 24.6 Å². The van der Waals surface area contributed by atoms with Crippen LogP contribution in [-0.2, 0) is 18.4 Å². The number of benzene rings is 3. The number of amides is 1. The predicted molar refractivity (Wildman–Crippen MR) is 155 cm³/mol. The molecular formula is C32H35N3O6. The number of methoxy groups -OCH3 is 1. The van der Waals surface area contributed by atoms with Crippen LogP contribution in [0.1, 0.15) is 37.6 Å². The maximum atomic E-state index is 13.2. The van der Waals surface area contributed by atoms with Crippen molar-refractivity contribution in [3.8, 4) is 28.6 Å². The highest BCUT2D eigenvalue weighted by molar-refractivity contribution is 5.78. The molecule has 41 heavy (non-hydrogen) atoms. The van der Waals surface area contributed by atoms with Gasteiger partial charge in [0.1, 0.15) is 36.2 Å². The molecule has 1 aromatic heterocycles. The van der Waals surface area contributed by atoms with Gasteiger partial charge in [-0.1, -0.05) is 56.3 Å². The van der Waals surface area contributed by atoms with Gasteiger partial charge in [0.15, 0.2) is 0 Å². The van der Waals surface area contributed by atoms with Gasteiger partial charge >= 0.3 is 12.1 Å². The number of aryl methyl sites for hydroxylation is 1. The van der Waals surface area contributed by atoms with Crippen molar-refractivity contribution in [1.82, 2.24) is 14.5 Å². The molecule has 9 heteroatoms. The molecule has 1 atom stereocenters. The van der Waals surface area contributed by atoms with E-state index in [1.54, 1.807) is 31.4 Å². The van der Waals surface area contributed by atoms with E-state index in [2.05, 4.69) is 0 Å². The molecule has 1 unspecified atom stereocenters. The monoisotopic (exact) mass is 557 g/mol. The molecule has 0 fully saturated rings. The lowest BCUT2D eigenvalue weighted by Crippen LogP contribution is -2.41. The van der Waals surface area contributed by atoms with E-state index in [-0.39, 0.29) is 12.5 Å². The first-order valence-electron chi connectivity index (χ1n) is 13.4. The van der Waals surface area contributed by atoms with Crippen LogP contribution in [0, 0.1) is 5.92 Å². The normalized spacial score (nSPS) is 11.6. The van der Waals surface area contributed by atoms with Crippen molar-refractivity contribution in [2.45, 2.75) is 32.9 Å². The van der Waals surface area contributed by atoms with E-state index in [0.29, 0.717) is 23.7 Å². The highest BCUT2D eigenvalue weighted by atomic mass is 16.6. The number of hydrogen-bond donors (Lipinski definition) is 1. The van der Waals surface area contributed by atoms with Gasteiger partial charge in [0.2, 0.25) is 0 Å². The van der Waals surface area contributed by atoms with E-state index in [1.165, 1.54) is 4.90 Å². The van der Waals surface area contributed by atoms with Crippen molar-refractivity contribution in [3.05, 3.63) is 96.3 Å². The minimum absolute atomic E-state index is 0.184. The fourth-order valence-electron chi connectivity index (χ4n) is 4.54. The van der Waals surface area contributed by atoms with Crippen molar-refractivity contribution >= 4 is 12.1 Å². The summed E-state index contributed by atoms with van der Waals surface area (Å²) in [5.41, 5.74) is 2.60. The SMILES string of the molecule is COc1ccc(OC(=O)N(CC(=O)O)C(CC(C)C)c2ccc(OCc3cn(C)c(-c4ccccc4)n3)cc2)cc1. The summed E-state index contributed by atoms with van der Waals surface area (Å²) in [6, 6.07) is 23.3. The van der Waals surface area contributed by atoms with Crippen LogP contribution in [0.3, 0.4) is 0 Å². The Bertz CT molecular complexity index is 1430. The smallest absolute Gasteiger partial charge is 0.416 e. The molecule has 9 nitrogen and oxygen atoms in total. The number of aromatic nitrogens is 2. The first kappa shape index (κ1) is 29.2. The maximum absolute atomic E-state index is 13.2. The molecule has 0 aliphatic heterocycles. The summed E-state index contributed by atoms with van der Waals surface area (Å²) in [6.07, 6.45) is 1.74. The number of carboxylic acid groups (broad SMARTS) is 1. The average molecular weight is 558 g/mol. The number of nitrogens with zero attached hydrogens (tertiary/aromatic N) is 3. The van der Waals surface area contributed by atoms with Gasteiger partial charge in [-0.3, -0.25) is 9.69 Å². The van der Waals surface area contributed by atoms with E-state index in [4.69, 9.17) is 19.2 Å². The van der Waals surface area contributed by atoms with Crippen LogP contribution >= 0.6 is 0 Å². The van der Waals surface area contributed by atoms with Gasteiger partial charge in [-0.15, -0.1) is 0 Å². The number of carbonyl (C=O) groups is 2. The number of imidazole rings is 1. The van der Waals surface area contributed by atoms with Gasteiger partial charge in [0.05, 0.1) is 18.8 Å². The molecule has 0 saturated carbocycles. The Balaban J connectivity index is 1.49. The summed E-state index contributed by atoms with van der Waals surface area (Å²) in [6.45, 7) is 3.83. The summed E-state index contributed by atoms with van der Waals surface area (Å²) < 4.78 is 18.7. The Kier molecular flexibility index (Phi) is 9.63. The van der Waals surface area contributed by atoms with Crippen LogP contribution < -0.4 is 14.2 Å². The van der Waals surface area contributed by atoms with Crippen molar-refractivity contribution in [2.75, 3.05) is 13.7 Å². The molecule has 1 amide bonds. The Morgan fingerprint density at radius 3 is 2.17 bits per heavy atom. The van der Waals surface area contributed by atoms with Crippen molar-refractivity contribution < 1.29 is 28.9 Å². The Morgan fingerprint density at radius 1 is 0.927 bits per heavy atom. The Labute approximate surface area is 239 Å². The topological polar surface area (TPSA) is 103 Å². The fraction of sp³-hybridized carbons (Fsp3) is 0.281. The number of hydrogen-bond acceptors (Lipinski definition) is 6. The number of ether oxygens (including phenoxy) is 3. The molecule has 1 N–H and O–H groups in total. The van der Waals surface area contributed by atoms with Crippen molar-refractivity contribution in [3.63, 3.8) is 0 Å². The Hall–Kier alpha value is -4.79. The lowest BCUT2D eigenvalue weighted by atomic mass is 9.95. The zero-order chi connectivity index (χ0) is 29.4. The summed E-state index contributed by atoms with van der Waals surface area (Å²) in [5.74, 6) is 1.46. The number of rotatable bonds is 12. The molecule has 1 heterocycles. The third-order valence-electron chi connectivity index (χ3n) is 6.49. The molecule has 0 aliphatic carbocycles. The second kappa shape index (κ2) is 13.5. The minimum atomic E-state index is -1.13. The van der Waals surface area contributed by atoms with E-state index in [0.717, 1.165) is 22.6 Å². The molecule has 0 radical (unpaired) electrons. The zero-order valence-corrected chi connectivity index (χ0v) is 23.7. The number of carbonyl (C=O) groups excluding carboxylic acids is 1. The lowest BCUT2D eigenvalue weighted by molar-refractivity contribution is -0.138. The van der Waals surface area contributed by atoms with Crippen molar-refractivity contribution in [1.29, 1.82) is 0 Å². The van der Waals surface area contributed by atoms with Crippen LogP contribution in [0.2, 0.25) is 0 Å². The lowest BCUT2D eigenvalue weighted by Gasteiger charge is -2.31. The molecule has 3 aromatic carbocycles. The van der Waals surface area contributed by atoms with Gasteiger partial charge in [0.25, 0.3) is 0 Å². The van der Waals surface area contributed by atoms with E-state index in [9.17, 15) is 14.7 Å². The molecular weight excluding hydrogens is 522 g/mol. The first-order valence-corrected chi connectivity index (χ1v) is 13.4. The van der Waals surface area contributed by atoms with Crippen LogP contribution in [0.15, 0.2) is 85.1 Å². The summed E-state index contributed by atoms with van der Waals surface area (Å²) in [4.78, 5) is 31.0. The third kappa shape index (κ3) is 7.88. The van der Waals surface area contributed by atoms with Gasteiger partial charge in [-0.05, 0) is 54.3 Å². The van der Waals surface area contributed by atoms with Gasteiger partial charge in [-0.25, -0.2) is 9.78 Å². The second-order valence-corrected chi connectivity index (χ2v) is 10.1. The average Bonchev–Trinajstić information content (AvgIpc) is 3.35. The van der Waals surface area contributed by atoms with Gasteiger partial charge in [-0.2, -0.15) is 0 Å². The second-order valence-electron chi connectivity index (χ2n) is 10.1. The highest BCUT2D eigenvalue weighted by Gasteiger charge is 2.30. The molecule has 0 aliphatic rings. The van der Waals surface area contributed by atoms with Crippen LogP contribution in [0.5, 0.6) is 17.2 Å². The van der Waals surface area contributed by atoms with E-state index >= 15 is 0 Å². The largest absolute Gasteiger partial charge is 0.497 e.